The minimum atomic E-state index is -0.637. The average Bonchev–Trinajstić information content (AvgIpc) is 2.37. The molecular weight excluding hydrogens is 282 g/mol. The van der Waals surface area contributed by atoms with Crippen molar-refractivity contribution in [2.24, 2.45) is 0 Å². The van der Waals surface area contributed by atoms with Crippen LogP contribution in [0, 0.1) is 5.82 Å². The summed E-state index contributed by atoms with van der Waals surface area (Å²) >= 11 is 9.27. The molecule has 0 amide bonds. The first-order valence-electron chi connectivity index (χ1n) is 4.95. The maximum atomic E-state index is 13.7. The molecule has 0 saturated heterocycles. The summed E-state index contributed by atoms with van der Waals surface area (Å²) in [7, 11) is 0. The molecule has 1 atom stereocenters. The summed E-state index contributed by atoms with van der Waals surface area (Å²) in [6.07, 6.45) is 2.48. The Hall–Kier alpha value is -0.120. The van der Waals surface area contributed by atoms with E-state index in [4.69, 9.17) is 11.6 Å². The van der Waals surface area contributed by atoms with Crippen LogP contribution in [0.25, 0.3) is 0 Å². The maximum Gasteiger partial charge on any atom is 0.127 e. The van der Waals surface area contributed by atoms with E-state index in [1.54, 1.807) is 0 Å². The van der Waals surface area contributed by atoms with E-state index in [0.29, 0.717) is 33.5 Å². The van der Waals surface area contributed by atoms with Gasteiger partial charge in [-0.05, 0) is 46.8 Å². The van der Waals surface area contributed by atoms with E-state index in [-0.39, 0.29) is 5.82 Å². The van der Waals surface area contributed by atoms with Crippen molar-refractivity contribution in [2.75, 3.05) is 0 Å². The highest BCUT2D eigenvalue weighted by molar-refractivity contribution is 9.10. The van der Waals surface area contributed by atoms with Gasteiger partial charge in [-0.3, -0.25) is 0 Å². The van der Waals surface area contributed by atoms with Gasteiger partial charge in [-0.15, -0.1) is 0 Å². The van der Waals surface area contributed by atoms with E-state index in [0.717, 1.165) is 12.8 Å². The zero-order chi connectivity index (χ0) is 11.0. The molecule has 0 spiro atoms. The molecule has 0 bridgehead atoms. The molecule has 1 aromatic rings. The van der Waals surface area contributed by atoms with Crippen LogP contribution in [0.15, 0.2) is 10.5 Å². The number of benzene rings is 1. The van der Waals surface area contributed by atoms with Crippen molar-refractivity contribution in [3.8, 4) is 0 Å². The number of fused-ring (bicyclic) bond motifs is 1. The van der Waals surface area contributed by atoms with Gasteiger partial charge in [0.05, 0.1) is 11.1 Å². The van der Waals surface area contributed by atoms with Gasteiger partial charge in [0, 0.05) is 10.0 Å². The molecule has 0 unspecified atom stereocenters. The molecule has 2 rings (SSSR count). The summed E-state index contributed by atoms with van der Waals surface area (Å²) in [6.45, 7) is 0. The number of hydrogen-bond donors (Lipinski definition) is 1. The molecule has 1 aliphatic rings. The lowest BCUT2D eigenvalue weighted by atomic mass is 10.0. The minimum Gasteiger partial charge on any atom is -0.388 e. The summed E-state index contributed by atoms with van der Waals surface area (Å²) < 4.78 is 14.2. The van der Waals surface area contributed by atoms with Crippen molar-refractivity contribution in [3.63, 3.8) is 0 Å². The van der Waals surface area contributed by atoms with Crippen LogP contribution in [0.5, 0.6) is 0 Å². The van der Waals surface area contributed by atoms with Gasteiger partial charge < -0.3 is 5.11 Å². The van der Waals surface area contributed by atoms with Crippen LogP contribution in [0.4, 0.5) is 4.39 Å². The van der Waals surface area contributed by atoms with Gasteiger partial charge in [-0.2, -0.15) is 0 Å². The predicted octanol–water partition coefficient (Wildman–Crippen LogP) is 4.00. The third-order valence-corrected chi connectivity index (χ3v) is 4.06. The Morgan fingerprint density at radius 3 is 2.93 bits per heavy atom. The van der Waals surface area contributed by atoms with Gasteiger partial charge in [0.25, 0.3) is 0 Å². The monoisotopic (exact) mass is 292 g/mol. The van der Waals surface area contributed by atoms with Crippen LogP contribution in [0.3, 0.4) is 0 Å². The third kappa shape index (κ3) is 2.05. The van der Waals surface area contributed by atoms with Crippen LogP contribution >= 0.6 is 27.5 Å². The Balaban J connectivity index is 2.63. The molecule has 15 heavy (non-hydrogen) atoms. The molecule has 0 aromatic heterocycles. The molecule has 1 aliphatic carbocycles. The van der Waals surface area contributed by atoms with Gasteiger partial charge in [-0.25, -0.2) is 4.39 Å². The van der Waals surface area contributed by atoms with E-state index in [1.807, 2.05) is 0 Å². The molecule has 82 valence electrons. The van der Waals surface area contributed by atoms with Gasteiger partial charge in [0.15, 0.2) is 0 Å². The van der Waals surface area contributed by atoms with Crippen molar-refractivity contribution >= 4 is 27.5 Å². The van der Waals surface area contributed by atoms with E-state index >= 15 is 0 Å². The van der Waals surface area contributed by atoms with E-state index in [1.165, 1.54) is 6.07 Å². The Bertz CT molecular complexity index is 395. The van der Waals surface area contributed by atoms with E-state index in [2.05, 4.69) is 15.9 Å². The van der Waals surface area contributed by atoms with E-state index in [9.17, 15) is 9.50 Å². The van der Waals surface area contributed by atoms with Crippen molar-refractivity contribution in [3.05, 3.63) is 32.5 Å². The zero-order valence-corrected chi connectivity index (χ0v) is 10.4. The minimum absolute atomic E-state index is 0.276. The normalized spacial score (nSPS) is 20.9. The van der Waals surface area contributed by atoms with Gasteiger partial charge >= 0.3 is 0 Å². The third-order valence-electron chi connectivity index (χ3n) is 2.80. The second-order valence-electron chi connectivity index (χ2n) is 3.81. The number of aliphatic hydroxyl groups is 1. The van der Waals surface area contributed by atoms with Crippen LogP contribution in [0.1, 0.15) is 36.5 Å². The largest absolute Gasteiger partial charge is 0.388 e. The standard InChI is InChI=1S/C11H11BrClFO/c12-7-5-8(14)6-3-1-2-4-9(15)10(6)11(7)13/h5,9,15H,1-4H2/t9-/m1/s1. The van der Waals surface area contributed by atoms with Crippen molar-refractivity contribution in [2.45, 2.75) is 31.8 Å². The van der Waals surface area contributed by atoms with Gasteiger partial charge in [0.2, 0.25) is 0 Å². The first-order chi connectivity index (χ1) is 7.11. The summed E-state index contributed by atoms with van der Waals surface area (Å²) in [6, 6.07) is 1.37. The van der Waals surface area contributed by atoms with Crippen molar-refractivity contribution in [1.82, 2.24) is 0 Å². The molecule has 1 N–H and O–H groups in total. The fourth-order valence-electron chi connectivity index (χ4n) is 2.04. The summed E-state index contributed by atoms with van der Waals surface area (Å²) in [5, 5.41) is 10.3. The lowest BCUT2D eigenvalue weighted by Gasteiger charge is -2.15. The zero-order valence-electron chi connectivity index (χ0n) is 8.06. The molecule has 0 radical (unpaired) electrons. The molecule has 1 nitrogen and oxygen atoms in total. The Morgan fingerprint density at radius 2 is 2.20 bits per heavy atom. The van der Waals surface area contributed by atoms with E-state index < -0.39 is 6.10 Å². The predicted molar refractivity (Wildman–Crippen MR) is 61.6 cm³/mol. The Morgan fingerprint density at radius 1 is 1.47 bits per heavy atom. The number of halogens is 3. The first kappa shape index (κ1) is 11.4. The maximum absolute atomic E-state index is 13.7. The smallest absolute Gasteiger partial charge is 0.127 e. The fourth-order valence-corrected chi connectivity index (χ4v) is 2.75. The Kier molecular flexibility index (Phi) is 3.33. The van der Waals surface area contributed by atoms with Crippen LogP contribution in [0.2, 0.25) is 5.02 Å². The lowest BCUT2D eigenvalue weighted by Crippen LogP contribution is -2.03. The van der Waals surface area contributed by atoms with Crippen LogP contribution < -0.4 is 0 Å². The van der Waals surface area contributed by atoms with Crippen LogP contribution in [-0.4, -0.2) is 5.11 Å². The quantitative estimate of drug-likeness (QED) is 0.566. The topological polar surface area (TPSA) is 20.2 Å². The Labute approximate surface area is 101 Å². The summed E-state index contributed by atoms with van der Waals surface area (Å²) in [4.78, 5) is 0. The molecular formula is C11H11BrClFO. The SMILES string of the molecule is O[C@@H]1CCCCc2c(F)cc(Br)c(Cl)c21. The summed E-state index contributed by atoms with van der Waals surface area (Å²) in [5.74, 6) is -0.276. The lowest BCUT2D eigenvalue weighted by molar-refractivity contribution is 0.166. The van der Waals surface area contributed by atoms with Crippen LogP contribution in [-0.2, 0) is 6.42 Å². The molecule has 0 aliphatic heterocycles. The molecule has 1 aromatic carbocycles. The second kappa shape index (κ2) is 4.40. The fraction of sp³-hybridized carbons (Fsp3) is 0.455. The molecule has 0 saturated carbocycles. The molecule has 0 heterocycles. The molecule has 0 fully saturated rings. The number of hydrogen-bond acceptors (Lipinski definition) is 1. The highest BCUT2D eigenvalue weighted by atomic mass is 79.9. The number of rotatable bonds is 0. The summed E-state index contributed by atoms with van der Waals surface area (Å²) in [5.41, 5.74) is 1.15. The highest BCUT2D eigenvalue weighted by Crippen LogP contribution is 2.39. The average molecular weight is 294 g/mol. The number of aliphatic hydroxyl groups excluding tert-OH is 1. The van der Waals surface area contributed by atoms with Crippen molar-refractivity contribution < 1.29 is 9.50 Å². The first-order valence-corrected chi connectivity index (χ1v) is 6.12. The highest BCUT2D eigenvalue weighted by Gasteiger charge is 2.23. The van der Waals surface area contributed by atoms with Gasteiger partial charge in [-0.1, -0.05) is 18.0 Å². The van der Waals surface area contributed by atoms with Gasteiger partial charge in [0.1, 0.15) is 5.82 Å². The van der Waals surface area contributed by atoms with Crippen molar-refractivity contribution in [1.29, 1.82) is 0 Å². The molecule has 4 heteroatoms. The second-order valence-corrected chi connectivity index (χ2v) is 5.04.